The van der Waals surface area contributed by atoms with Gasteiger partial charge < -0.3 is 14.9 Å². The van der Waals surface area contributed by atoms with Gasteiger partial charge in [-0.05, 0) is 6.08 Å². The minimum atomic E-state index is -2.31. The smallest absolute Gasteiger partial charge is 0.341 e. The number of carboxylic acid groups (broad SMARTS) is 1. The lowest BCUT2D eigenvalue weighted by molar-refractivity contribution is -0.155. The molecule has 0 saturated heterocycles. The molecule has 0 saturated carbocycles. The van der Waals surface area contributed by atoms with Crippen molar-refractivity contribution >= 4 is 11.8 Å². The number of hydrogen-bond acceptors (Lipinski definition) is 4. The van der Waals surface area contributed by atoms with Crippen LogP contribution in [0.1, 0.15) is 10.4 Å². The number of aliphatic hydroxyl groups is 1. The van der Waals surface area contributed by atoms with Crippen LogP contribution in [-0.2, 0) is 9.53 Å². The lowest BCUT2D eigenvalue weighted by Gasteiger charge is -2.29. The molecule has 0 amide bonds. The fraction of sp³-hybridized carbons (Fsp3) is 0.200. The number of carbonyl (C=O) groups is 2. The Morgan fingerprint density at radius 1 is 1.25 bits per heavy atom. The first kappa shape index (κ1) is 14.0. The molecule has 0 spiro atoms. The second-order valence-electron chi connectivity index (χ2n) is 4.45. The zero-order chi connectivity index (χ0) is 14.8. The predicted molar refractivity (Wildman–Crippen MR) is 71.1 cm³/mol. The molecule has 0 heterocycles. The number of benzene rings is 1. The Balaban J connectivity index is 2.41. The van der Waals surface area contributed by atoms with Crippen LogP contribution in [0.5, 0.6) is 0 Å². The average molecular weight is 274 g/mol. The number of methoxy groups -OCH3 is 1. The van der Waals surface area contributed by atoms with E-state index in [0.29, 0.717) is 5.56 Å². The molecule has 104 valence electrons. The highest BCUT2D eigenvalue weighted by molar-refractivity contribution is 6.03. The van der Waals surface area contributed by atoms with Gasteiger partial charge in [0.2, 0.25) is 0 Å². The van der Waals surface area contributed by atoms with E-state index in [1.165, 1.54) is 19.3 Å². The van der Waals surface area contributed by atoms with Gasteiger partial charge in [-0.2, -0.15) is 0 Å². The van der Waals surface area contributed by atoms with Crippen LogP contribution >= 0.6 is 0 Å². The monoisotopic (exact) mass is 274 g/mol. The number of aliphatic carboxylic acids is 1. The molecule has 1 aliphatic rings. The molecule has 5 heteroatoms. The van der Waals surface area contributed by atoms with Gasteiger partial charge in [-0.1, -0.05) is 36.4 Å². The van der Waals surface area contributed by atoms with E-state index in [0.717, 1.165) is 6.08 Å². The molecule has 5 nitrogen and oxygen atoms in total. The fourth-order valence-electron chi connectivity index (χ4n) is 2.08. The van der Waals surface area contributed by atoms with E-state index in [4.69, 9.17) is 4.74 Å². The number of rotatable bonds is 4. The molecule has 2 N–H and O–H groups in total. The number of carboxylic acids is 1. The van der Waals surface area contributed by atoms with Crippen molar-refractivity contribution < 1.29 is 24.5 Å². The summed E-state index contributed by atoms with van der Waals surface area (Å²) < 4.78 is 4.91. The molecule has 0 aromatic heterocycles. The molecular weight excluding hydrogens is 260 g/mol. The van der Waals surface area contributed by atoms with Gasteiger partial charge in [-0.3, -0.25) is 4.79 Å². The molecule has 0 radical (unpaired) electrons. The average Bonchev–Trinajstić information content (AvgIpc) is 2.47. The Kier molecular flexibility index (Phi) is 3.72. The summed E-state index contributed by atoms with van der Waals surface area (Å²) in [5.74, 6) is -2.95. The van der Waals surface area contributed by atoms with Gasteiger partial charge in [0.1, 0.15) is 5.76 Å². The zero-order valence-electron chi connectivity index (χ0n) is 10.8. The summed E-state index contributed by atoms with van der Waals surface area (Å²) in [6, 6.07) is 8.26. The molecular formula is C15H14O5. The number of Topliss-reactive ketones (excluding diaryl/α,β-unsaturated/α-hetero) is 1. The summed E-state index contributed by atoms with van der Waals surface area (Å²) in [5.41, 5.74) is -1.97. The van der Waals surface area contributed by atoms with Crippen LogP contribution in [0, 0.1) is 5.92 Å². The largest absolute Gasteiger partial charge is 0.497 e. The van der Waals surface area contributed by atoms with Crippen molar-refractivity contribution in [2.75, 3.05) is 7.11 Å². The number of allylic oxidation sites excluding steroid dienone is 1. The molecule has 0 fully saturated rings. The first-order chi connectivity index (χ1) is 9.49. The van der Waals surface area contributed by atoms with E-state index in [1.807, 2.05) is 0 Å². The van der Waals surface area contributed by atoms with Gasteiger partial charge in [0.15, 0.2) is 11.4 Å². The second-order valence-corrected chi connectivity index (χ2v) is 4.45. The topological polar surface area (TPSA) is 83.8 Å². The molecule has 2 atom stereocenters. The highest BCUT2D eigenvalue weighted by atomic mass is 16.5. The normalized spacial score (nSPS) is 24.9. The molecule has 1 aromatic rings. The van der Waals surface area contributed by atoms with E-state index >= 15 is 0 Å². The van der Waals surface area contributed by atoms with E-state index < -0.39 is 23.3 Å². The van der Waals surface area contributed by atoms with Gasteiger partial charge in [0.05, 0.1) is 13.0 Å². The van der Waals surface area contributed by atoms with Gasteiger partial charge >= 0.3 is 5.97 Å². The summed E-state index contributed by atoms with van der Waals surface area (Å²) in [6.07, 6.45) is 3.87. The van der Waals surface area contributed by atoms with Crippen molar-refractivity contribution in [2.24, 2.45) is 5.92 Å². The lowest BCUT2D eigenvalue weighted by Crippen LogP contribution is -2.48. The van der Waals surface area contributed by atoms with Crippen LogP contribution in [0.4, 0.5) is 0 Å². The van der Waals surface area contributed by atoms with E-state index in [2.05, 4.69) is 0 Å². The van der Waals surface area contributed by atoms with Gasteiger partial charge in [-0.15, -0.1) is 0 Å². The summed E-state index contributed by atoms with van der Waals surface area (Å²) in [7, 11) is 1.36. The molecule has 1 aromatic carbocycles. The fourth-order valence-corrected chi connectivity index (χ4v) is 2.08. The number of hydrogen-bond donors (Lipinski definition) is 2. The molecule has 0 bridgehead atoms. The first-order valence-corrected chi connectivity index (χ1v) is 5.99. The van der Waals surface area contributed by atoms with Crippen LogP contribution < -0.4 is 0 Å². The Morgan fingerprint density at radius 2 is 1.90 bits per heavy atom. The number of ketones is 1. The van der Waals surface area contributed by atoms with E-state index in [9.17, 15) is 19.8 Å². The predicted octanol–water partition coefficient (Wildman–Crippen LogP) is 1.40. The Labute approximate surface area is 115 Å². The SMILES string of the molecule is COC1=C[C@@](O)(C(=O)O)[C@H](C(=O)c2ccccc2)C=C1. The third-order valence-corrected chi connectivity index (χ3v) is 3.21. The highest BCUT2D eigenvalue weighted by Gasteiger charge is 2.47. The molecule has 2 rings (SSSR count). The second kappa shape index (κ2) is 5.30. The zero-order valence-corrected chi connectivity index (χ0v) is 10.8. The van der Waals surface area contributed by atoms with Gasteiger partial charge in [-0.25, -0.2) is 4.79 Å². The minimum absolute atomic E-state index is 0.201. The number of carbonyl (C=O) groups excluding carboxylic acids is 1. The van der Waals surface area contributed by atoms with Crippen molar-refractivity contribution in [3.05, 3.63) is 59.9 Å². The van der Waals surface area contributed by atoms with Gasteiger partial charge in [0.25, 0.3) is 0 Å². The minimum Gasteiger partial charge on any atom is -0.497 e. The van der Waals surface area contributed by atoms with Crippen LogP contribution in [0.2, 0.25) is 0 Å². The van der Waals surface area contributed by atoms with E-state index in [-0.39, 0.29) is 5.76 Å². The summed E-state index contributed by atoms with van der Waals surface area (Å²) in [4.78, 5) is 23.7. The summed E-state index contributed by atoms with van der Waals surface area (Å²) in [6.45, 7) is 0. The van der Waals surface area contributed by atoms with Crippen LogP contribution in [0.3, 0.4) is 0 Å². The molecule has 0 aliphatic heterocycles. The maximum atomic E-state index is 12.4. The van der Waals surface area contributed by atoms with Crippen LogP contribution in [0.25, 0.3) is 0 Å². The van der Waals surface area contributed by atoms with Crippen LogP contribution in [0.15, 0.2) is 54.3 Å². The maximum absolute atomic E-state index is 12.4. The molecule has 20 heavy (non-hydrogen) atoms. The van der Waals surface area contributed by atoms with Crippen molar-refractivity contribution in [3.8, 4) is 0 Å². The standard InChI is InChI=1S/C15H14O5/c1-20-11-7-8-12(15(19,9-11)14(17)18)13(16)10-5-3-2-4-6-10/h2-9,12,19H,1H3,(H,17,18)/t12-,15-/m0/s1. The van der Waals surface area contributed by atoms with Crippen molar-refractivity contribution in [2.45, 2.75) is 5.60 Å². The Hall–Kier alpha value is -2.40. The molecule has 0 unspecified atom stereocenters. The number of ether oxygens (including phenoxy) is 1. The van der Waals surface area contributed by atoms with Crippen molar-refractivity contribution in [1.29, 1.82) is 0 Å². The first-order valence-electron chi connectivity index (χ1n) is 5.99. The van der Waals surface area contributed by atoms with Crippen molar-refractivity contribution in [3.63, 3.8) is 0 Å². The van der Waals surface area contributed by atoms with E-state index in [1.54, 1.807) is 30.3 Å². The third kappa shape index (κ3) is 2.35. The van der Waals surface area contributed by atoms with Crippen molar-refractivity contribution in [1.82, 2.24) is 0 Å². The lowest BCUT2D eigenvalue weighted by atomic mass is 9.78. The quantitative estimate of drug-likeness (QED) is 0.811. The van der Waals surface area contributed by atoms with Gasteiger partial charge in [0, 0.05) is 11.6 Å². The Bertz CT molecular complexity index is 588. The highest BCUT2D eigenvalue weighted by Crippen LogP contribution is 2.31. The molecule has 1 aliphatic carbocycles. The maximum Gasteiger partial charge on any atom is 0.341 e. The summed E-state index contributed by atoms with van der Waals surface area (Å²) in [5, 5.41) is 19.6. The summed E-state index contributed by atoms with van der Waals surface area (Å²) >= 11 is 0. The third-order valence-electron chi connectivity index (χ3n) is 3.21. The van der Waals surface area contributed by atoms with Crippen LogP contribution in [-0.4, -0.2) is 34.7 Å². The Morgan fingerprint density at radius 3 is 2.45 bits per heavy atom.